The number of nitrogens with one attached hydrogen (secondary N) is 1. The molecule has 0 saturated heterocycles. The van der Waals surface area contributed by atoms with Gasteiger partial charge < -0.3 is 0 Å². The number of rotatable bonds is 7. The van der Waals surface area contributed by atoms with Crippen molar-refractivity contribution in [3.05, 3.63) is 53.2 Å². The van der Waals surface area contributed by atoms with Crippen molar-refractivity contribution in [3.63, 3.8) is 0 Å². The van der Waals surface area contributed by atoms with Crippen LogP contribution < -0.4 is 4.72 Å². The van der Waals surface area contributed by atoms with Gasteiger partial charge in [-0.25, -0.2) is 13.1 Å². The molecule has 1 atom stereocenters. The van der Waals surface area contributed by atoms with Crippen LogP contribution in [-0.2, 0) is 16.6 Å². The van der Waals surface area contributed by atoms with Crippen LogP contribution in [0.3, 0.4) is 0 Å². The van der Waals surface area contributed by atoms with E-state index < -0.39 is 10.0 Å². The SMILES string of the molecule is Cc1ccc(/C=C/S(=O)(=O)NC(Cn2nccn2)C(C)C)cc1. The Hall–Kier alpha value is -1.99. The number of aryl methyl sites for hydroxylation is 1. The first-order valence-electron chi connectivity index (χ1n) is 7.47. The minimum atomic E-state index is -3.54. The van der Waals surface area contributed by atoms with Crippen LogP contribution in [0, 0.1) is 12.8 Å². The molecular weight excluding hydrogens is 312 g/mol. The Balaban J connectivity index is 2.06. The topological polar surface area (TPSA) is 76.9 Å². The third kappa shape index (κ3) is 5.61. The van der Waals surface area contributed by atoms with Crippen molar-refractivity contribution in [1.29, 1.82) is 0 Å². The first kappa shape index (κ1) is 17.4. The van der Waals surface area contributed by atoms with E-state index in [4.69, 9.17) is 0 Å². The second-order valence-electron chi connectivity index (χ2n) is 5.81. The second-order valence-corrected chi connectivity index (χ2v) is 7.41. The van der Waals surface area contributed by atoms with Crippen LogP contribution in [0.4, 0.5) is 0 Å². The van der Waals surface area contributed by atoms with Gasteiger partial charge in [-0.15, -0.1) is 0 Å². The molecule has 1 N–H and O–H groups in total. The highest BCUT2D eigenvalue weighted by Crippen LogP contribution is 2.09. The third-order valence-electron chi connectivity index (χ3n) is 3.46. The van der Waals surface area contributed by atoms with Gasteiger partial charge in [0.15, 0.2) is 0 Å². The van der Waals surface area contributed by atoms with E-state index in [1.54, 1.807) is 18.5 Å². The maximum atomic E-state index is 12.3. The Kier molecular flexibility index (Phi) is 5.68. The molecule has 1 unspecified atom stereocenters. The minimum Gasteiger partial charge on any atom is -0.208 e. The van der Waals surface area contributed by atoms with Crippen LogP contribution in [0.15, 0.2) is 42.1 Å². The number of aromatic nitrogens is 3. The second kappa shape index (κ2) is 7.52. The van der Waals surface area contributed by atoms with Crippen molar-refractivity contribution in [2.24, 2.45) is 5.92 Å². The van der Waals surface area contributed by atoms with E-state index in [1.807, 2.05) is 45.0 Å². The molecule has 23 heavy (non-hydrogen) atoms. The Labute approximate surface area is 137 Å². The number of nitrogens with zero attached hydrogens (tertiary/aromatic N) is 3. The highest BCUT2D eigenvalue weighted by atomic mass is 32.2. The Morgan fingerprint density at radius 1 is 1.17 bits per heavy atom. The molecule has 2 rings (SSSR count). The average molecular weight is 334 g/mol. The van der Waals surface area contributed by atoms with Crippen LogP contribution in [-0.4, -0.2) is 29.5 Å². The summed E-state index contributed by atoms with van der Waals surface area (Å²) in [6, 6.07) is 7.37. The maximum Gasteiger partial charge on any atom is 0.234 e. The van der Waals surface area contributed by atoms with E-state index in [0.29, 0.717) is 6.54 Å². The standard InChI is InChI=1S/C16H22N4O2S/c1-13(2)16(12-20-17-9-10-18-20)19-23(21,22)11-8-15-6-4-14(3)5-7-15/h4-11,13,16,19H,12H2,1-3H3/b11-8+. The predicted octanol–water partition coefficient (Wildman–Crippen LogP) is 2.20. The monoisotopic (exact) mass is 334 g/mol. The van der Waals surface area contributed by atoms with Gasteiger partial charge in [-0.05, 0) is 24.5 Å². The molecule has 0 radical (unpaired) electrons. The number of hydrogen-bond donors (Lipinski definition) is 1. The predicted molar refractivity (Wildman–Crippen MR) is 90.9 cm³/mol. The van der Waals surface area contributed by atoms with Crippen LogP contribution in [0.5, 0.6) is 0 Å². The molecule has 0 amide bonds. The summed E-state index contributed by atoms with van der Waals surface area (Å²) < 4.78 is 27.2. The van der Waals surface area contributed by atoms with Gasteiger partial charge in [-0.2, -0.15) is 15.0 Å². The number of benzene rings is 1. The summed E-state index contributed by atoms with van der Waals surface area (Å²) in [5.41, 5.74) is 1.98. The van der Waals surface area contributed by atoms with Crippen molar-refractivity contribution >= 4 is 16.1 Å². The lowest BCUT2D eigenvalue weighted by atomic mass is 10.1. The molecule has 0 aliphatic heterocycles. The summed E-state index contributed by atoms with van der Waals surface area (Å²) in [5, 5.41) is 9.24. The first-order valence-corrected chi connectivity index (χ1v) is 9.01. The Morgan fingerprint density at radius 2 is 1.78 bits per heavy atom. The van der Waals surface area contributed by atoms with Gasteiger partial charge in [0, 0.05) is 11.4 Å². The zero-order valence-electron chi connectivity index (χ0n) is 13.5. The summed E-state index contributed by atoms with van der Waals surface area (Å²) in [6.07, 6.45) is 4.73. The Morgan fingerprint density at radius 3 is 2.35 bits per heavy atom. The van der Waals surface area contributed by atoms with Crippen molar-refractivity contribution in [2.75, 3.05) is 0 Å². The lowest BCUT2D eigenvalue weighted by Crippen LogP contribution is -2.41. The van der Waals surface area contributed by atoms with Crippen molar-refractivity contribution in [1.82, 2.24) is 19.7 Å². The van der Waals surface area contributed by atoms with E-state index in [1.165, 1.54) is 10.2 Å². The lowest BCUT2D eigenvalue weighted by molar-refractivity contribution is 0.362. The minimum absolute atomic E-state index is 0.114. The fraction of sp³-hybridized carbons (Fsp3) is 0.375. The molecular formula is C16H22N4O2S. The average Bonchev–Trinajstić information content (AvgIpc) is 2.99. The largest absolute Gasteiger partial charge is 0.234 e. The lowest BCUT2D eigenvalue weighted by Gasteiger charge is -2.20. The van der Waals surface area contributed by atoms with E-state index in [0.717, 1.165) is 11.1 Å². The summed E-state index contributed by atoms with van der Waals surface area (Å²) >= 11 is 0. The van der Waals surface area contributed by atoms with Gasteiger partial charge in [0.25, 0.3) is 0 Å². The van der Waals surface area contributed by atoms with Crippen LogP contribution in [0.1, 0.15) is 25.0 Å². The molecule has 0 bridgehead atoms. The molecule has 0 aliphatic rings. The molecule has 0 spiro atoms. The van der Waals surface area contributed by atoms with Crippen molar-refractivity contribution < 1.29 is 8.42 Å². The highest BCUT2D eigenvalue weighted by Gasteiger charge is 2.20. The molecule has 0 saturated carbocycles. The van der Waals surface area contributed by atoms with E-state index in [-0.39, 0.29) is 12.0 Å². The molecule has 1 heterocycles. The van der Waals surface area contributed by atoms with Gasteiger partial charge in [0.2, 0.25) is 10.0 Å². The zero-order chi connectivity index (χ0) is 16.9. The fourth-order valence-corrected chi connectivity index (χ4v) is 3.18. The molecule has 0 fully saturated rings. The summed E-state index contributed by atoms with van der Waals surface area (Å²) in [6.45, 7) is 6.30. The smallest absolute Gasteiger partial charge is 0.208 e. The first-order chi connectivity index (χ1) is 10.9. The van der Waals surface area contributed by atoms with E-state index in [2.05, 4.69) is 14.9 Å². The summed E-state index contributed by atoms with van der Waals surface area (Å²) in [5.74, 6) is 0.114. The molecule has 1 aromatic heterocycles. The quantitative estimate of drug-likeness (QED) is 0.842. The fourth-order valence-electron chi connectivity index (χ4n) is 1.99. The number of sulfonamides is 1. The molecule has 7 heteroatoms. The number of hydrogen-bond acceptors (Lipinski definition) is 4. The van der Waals surface area contributed by atoms with Gasteiger partial charge in [-0.1, -0.05) is 43.7 Å². The summed E-state index contributed by atoms with van der Waals surface area (Å²) in [4.78, 5) is 1.48. The summed E-state index contributed by atoms with van der Waals surface area (Å²) in [7, 11) is -3.54. The van der Waals surface area contributed by atoms with Gasteiger partial charge >= 0.3 is 0 Å². The normalized spacial score (nSPS) is 13.7. The van der Waals surface area contributed by atoms with Crippen LogP contribution >= 0.6 is 0 Å². The third-order valence-corrected chi connectivity index (χ3v) is 4.59. The zero-order valence-corrected chi connectivity index (χ0v) is 14.4. The van der Waals surface area contributed by atoms with Gasteiger partial charge in [0.1, 0.15) is 0 Å². The van der Waals surface area contributed by atoms with E-state index >= 15 is 0 Å². The highest BCUT2D eigenvalue weighted by molar-refractivity contribution is 7.92. The van der Waals surface area contributed by atoms with E-state index in [9.17, 15) is 8.42 Å². The molecule has 0 aliphatic carbocycles. The van der Waals surface area contributed by atoms with Gasteiger partial charge in [-0.3, -0.25) is 0 Å². The van der Waals surface area contributed by atoms with Crippen LogP contribution in [0.2, 0.25) is 0 Å². The molecule has 124 valence electrons. The van der Waals surface area contributed by atoms with Crippen LogP contribution in [0.25, 0.3) is 6.08 Å². The molecule has 1 aromatic carbocycles. The van der Waals surface area contributed by atoms with Crippen molar-refractivity contribution in [3.8, 4) is 0 Å². The Bertz CT molecular complexity index is 735. The molecule has 2 aromatic rings. The molecule has 6 nitrogen and oxygen atoms in total. The van der Waals surface area contributed by atoms with Gasteiger partial charge in [0.05, 0.1) is 18.9 Å². The van der Waals surface area contributed by atoms with Crippen molar-refractivity contribution in [2.45, 2.75) is 33.4 Å². The maximum absolute atomic E-state index is 12.3.